The van der Waals surface area contributed by atoms with Gasteiger partial charge in [0.25, 0.3) is 5.22 Å². The van der Waals surface area contributed by atoms with Gasteiger partial charge in [-0.3, -0.25) is 0 Å². The molecule has 0 aliphatic rings. The van der Waals surface area contributed by atoms with Crippen molar-refractivity contribution in [3.63, 3.8) is 0 Å². The third-order valence-electron chi connectivity index (χ3n) is 1.47. The first kappa shape index (κ1) is 9.01. The van der Waals surface area contributed by atoms with Crippen molar-refractivity contribution in [2.24, 2.45) is 0 Å². The van der Waals surface area contributed by atoms with E-state index >= 15 is 0 Å². The van der Waals surface area contributed by atoms with Crippen LogP contribution in [0.15, 0.2) is 32.9 Å². The van der Waals surface area contributed by atoms with E-state index in [1.165, 1.54) is 11.8 Å². The molecule has 0 spiro atoms. The molecular weight excluding hydrogens is 200 g/mol. The maximum atomic E-state index is 5.53. The molecule has 0 atom stereocenters. The van der Waals surface area contributed by atoms with Gasteiger partial charge in [0.2, 0.25) is 5.89 Å². The molecule has 0 aliphatic heterocycles. The number of anilines is 1. The first-order valence-corrected chi connectivity index (χ1v) is 4.75. The largest absolute Gasteiger partial charge is 0.416 e. The molecule has 0 saturated carbocycles. The Morgan fingerprint density at radius 2 is 2.29 bits per heavy atom. The molecule has 0 fully saturated rings. The maximum absolute atomic E-state index is 5.53. The lowest BCUT2D eigenvalue weighted by Gasteiger charge is -1.96. The maximum Gasteiger partial charge on any atom is 0.281 e. The highest BCUT2D eigenvalue weighted by atomic mass is 32.2. The van der Waals surface area contributed by atoms with E-state index in [1.54, 1.807) is 19.2 Å². The van der Waals surface area contributed by atoms with E-state index in [1.807, 2.05) is 6.07 Å². The van der Waals surface area contributed by atoms with Crippen LogP contribution in [0.25, 0.3) is 0 Å². The Bertz CT molecular complexity index is 442. The van der Waals surface area contributed by atoms with Gasteiger partial charge in [-0.1, -0.05) is 0 Å². The van der Waals surface area contributed by atoms with Crippen LogP contribution in [0.1, 0.15) is 5.89 Å². The van der Waals surface area contributed by atoms with Gasteiger partial charge in [0.15, 0.2) is 0 Å². The number of pyridine rings is 1. The first-order valence-electron chi connectivity index (χ1n) is 3.93. The fourth-order valence-electron chi connectivity index (χ4n) is 0.912. The number of hydrogen-bond donors (Lipinski definition) is 1. The van der Waals surface area contributed by atoms with E-state index < -0.39 is 0 Å². The minimum Gasteiger partial charge on any atom is -0.416 e. The zero-order chi connectivity index (χ0) is 9.97. The number of aromatic nitrogens is 3. The number of nitrogens with two attached hydrogens (primary N) is 1. The number of hydrogen-bond acceptors (Lipinski definition) is 6. The van der Waals surface area contributed by atoms with Crippen molar-refractivity contribution in [3.8, 4) is 0 Å². The Morgan fingerprint density at radius 3 is 2.93 bits per heavy atom. The quantitative estimate of drug-likeness (QED) is 0.805. The van der Waals surface area contributed by atoms with Crippen LogP contribution in [0, 0.1) is 6.92 Å². The van der Waals surface area contributed by atoms with Crippen LogP contribution in [-0.2, 0) is 0 Å². The summed E-state index contributed by atoms with van der Waals surface area (Å²) in [7, 11) is 0. The standard InChI is InChI=1S/C8H8N4OS/c1-5-11-12-8(13-5)14-6-2-3-10-7(9)4-6/h2-4H,1H3,(H2,9,10). The van der Waals surface area contributed by atoms with Gasteiger partial charge in [-0.2, -0.15) is 0 Å². The lowest BCUT2D eigenvalue weighted by Crippen LogP contribution is -1.88. The molecule has 2 aromatic rings. The molecule has 5 nitrogen and oxygen atoms in total. The Kier molecular flexibility index (Phi) is 2.36. The molecule has 2 aromatic heterocycles. The SMILES string of the molecule is Cc1nnc(Sc2ccnc(N)c2)o1. The fourth-order valence-corrected chi connectivity index (χ4v) is 1.67. The summed E-state index contributed by atoms with van der Waals surface area (Å²) in [6.45, 7) is 1.75. The van der Waals surface area contributed by atoms with Crippen LogP contribution < -0.4 is 5.73 Å². The van der Waals surface area contributed by atoms with Gasteiger partial charge in [-0.25, -0.2) is 4.98 Å². The Balaban J connectivity index is 2.18. The predicted molar refractivity (Wildman–Crippen MR) is 51.8 cm³/mol. The molecule has 2 N–H and O–H groups in total. The smallest absolute Gasteiger partial charge is 0.281 e. The van der Waals surface area contributed by atoms with Gasteiger partial charge in [0.1, 0.15) is 5.82 Å². The second-order valence-electron chi connectivity index (χ2n) is 2.61. The summed E-state index contributed by atoms with van der Waals surface area (Å²) in [5, 5.41) is 8.08. The molecule has 2 heterocycles. The van der Waals surface area contributed by atoms with Crippen LogP contribution in [-0.4, -0.2) is 15.2 Å². The monoisotopic (exact) mass is 208 g/mol. The Morgan fingerprint density at radius 1 is 1.43 bits per heavy atom. The number of aryl methyl sites for hydroxylation is 1. The summed E-state index contributed by atoms with van der Waals surface area (Å²) in [5.41, 5.74) is 5.53. The van der Waals surface area contributed by atoms with E-state index in [4.69, 9.17) is 10.2 Å². The van der Waals surface area contributed by atoms with Crippen molar-refractivity contribution < 1.29 is 4.42 Å². The number of rotatable bonds is 2. The first-order chi connectivity index (χ1) is 6.74. The van der Waals surface area contributed by atoms with Gasteiger partial charge < -0.3 is 10.2 Å². The summed E-state index contributed by atoms with van der Waals surface area (Å²) >= 11 is 1.36. The Labute approximate surface area is 84.7 Å². The van der Waals surface area contributed by atoms with Crippen molar-refractivity contribution in [2.75, 3.05) is 5.73 Å². The van der Waals surface area contributed by atoms with Gasteiger partial charge in [-0.05, 0) is 23.9 Å². The summed E-state index contributed by atoms with van der Waals surface area (Å²) in [4.78, 5) is 4.82. The summed E-state index contributed by atoms with van der Waals surface area (Å²) in [6, 6.07) is 3.59. The Hall–Kier alpha value is -1.56. The molecule has 6 heteroatoms. The molecule has 72 valence electrons. The number of nitrogen functional groups attached to an aromatic ring is 1. The second kappa shape index (κ2) is 3.67. The zero-order valence-electron chi connectivity index (χ0n) is 7.47. The van der Waals surface area contributed by atoms with Crippen LogP contribution in [0.4, 0.5) is 5.82 Å². The van der Waals surface area contributed by atoms with Crippen LogP contribution in [0.3, 0.4) is 0 Å². The van der Waals surface area contributed by atoms with E-state index in [0.717, 1.165) is 4.90 Å². The summed E-state index contributed by atoms with van der Waals surface area (Å²) in [5.74, 6) is 1.03. The lowest BCUT2D eigenvalue weighted by molar-refractivity contribution is 0.429. The van der Waals surface area contributed by atoms with Crippen LogP contribution in [0.2, 0.25) is 0 Å². The van der Waals surface area contributed by atoms with Gasteiger partial charge in [0, 0.05) is 18.0 Å². The molecule has 0 aromatic carbocycles. The third-order valence-corrected chi connectivity index (χ3v) is 2.29. The van der Waals surface area contributed by atoms with Crippen LogP contribution >= 0.6 is 11.8 Å². The second-order valence-corrected chi connectivity index (χ2v) is 3.63. The highest BCUT2D eigenvalue weighted by Gasteiger charge is 2.04. The topological polar surface area (TPSA) is 77.8 Å². The minimum atomic E-state index is 0.478. The van der Waals surface area contributed by atoms with Gasteiger partial charge in [-0.15, -0.1) is 10.2 Å². The minimum absolute atomic E-state index is 0.478. The molecular formula is C8H8N4OS. The van der Waals surface area contributed by atoms with E-state index in [2.05, 4.69) is 15.2 Å². The molecule has 0 radical (unpaired) electrons. The van der Waals surface area contributed by atoms with Crippen LogP contribution in [0.5, 0.6) is 0 Å². The van der Waals surface area contributed by atoms with Gasteiger partial charge >= 0.3 is 0 Å². The average molecular weight is 208 g/mol. The average Bonchev–Trinajstić information content (AvgIpc) is 2.51. The van der Waals surface area contributed by atoms with Crippen molar-refractivity contribution in [3.05, 3.63) is 24.2 Å². The third kappa shape index (κ3) is 2.02. The summed E-state index contributed by atoms with van der Waals surface area (Å²) < 4.78 is 5.21. The number of nitrogens with zero attached hydrogens (tertiary/aromatic N) is 3. The molecule has 14 heavy (non-hydrogen) atoms. The normalized spacial score (nSPS) is 10.4. The molecule has 0 amide bonds. The highest BCUT2D eigenvalue weighted by molar-refractivity contribution is 7.99. The molecule has 2 rings (SSSR count). The lowest BCUT2D eigenvalue weighted by atomic mass is 10.5. The predicted octanol–water partition coefficient (Wildman–Crippen LogP) is 1.51. The molecule has 0 unspecified atom stereocenters. The van der Waals surface area contributed by atoms with E-state index in [0.29, 0.717) is 16.9 Å². The molecule has 0 saturated heterocycles. The van der Waals surface area contributed by atoms with E-state index in [-0.39, 0.29) is 0 Å². The summed E-state index contributed by atoms with van der Waals surface area (Å²) in [6.07, 6.45) is 1.64. The van der Waals surface area contributed by atoms with Crippen molar-refractivity contribution >= 4 is 17.6 Å². The molecule has 0 bridgehead atoms. The van der Waals surface area contributed by atoms with E-state index in [9.17, 15) is 0 Å². The van der Waals surface area contributed by atoms with Crippen molar-refractivity contribution in [2.45, 2.75) is 17.0 Å². The molecule has 0 aliphatic carbocycles. The zero-order valence-corrected chi connectivity index (χ0v) is 8.28. The van der Waals surface area contributed by atoms with Crippen molar-refractivity contribution in [1.29, 1.82) is 0 Å². The van der Waals surface area contributed by atoms with Gasteiger partial charge in [0.05, 0.1) is 0 Å². The van der Waals surface area contributed by atoms with Crippen molar-refractivity contribution in [1.82, 2.24) is 15.2 Å². The fraction of sp³-hybridized carbons (Fsp3) is 0.125. The highest BCUT2D eigenvalue weighted by Crippen LogP contribution is 2.26.